The summed E-state index contributed by atoms with van der Waals surface area (Å²) in [6, 6.07) is 0. The molecule has 3 N–H and O–H groups in total. The maximum Gasteiger partial charge on any atom is 0.197 e. The van der Waals surface area contributed by atoms with E-state index in [0.717, 1.165) is 5.69 Å². The summed E-state index contributed by atoms with van der Waals surface area (Å²) in [5.74, 6) is 1.22. The zero-order valence-corrected chi connectivity index (χ0v) is 8.14. The van der Waals surface area contributed by atoms with Gasteiger partial charge in [0.25, 0.3) is 0 Å². The predicted octanol–water partition coefficient (Wildman–Crippen LogP) is 2.35. The molecule has 0 atom stereocenters. The Morgan fingerprint density at radius 3 is 2.54 bits per heavy atom. The van der Waals surface area contributed by atoms with Crippen LogP contribution in [-0.2, 0) is 0 Å². The highest BCUT2D eigenvalue weighted by Gasteiger charge is 2.19. The fraction of sp³-hybridized carbons (Fsp3) is 0.700. The second-order valence-electron chi connectivity index (χ2n) is 3.97. The van der Waals surface area contributed by atoms with Gasteiger partial charge >= 0.3 is 0 Å². The van der Waals surface area contributed by atoms with Gasteiger partial charge in [0.1, 0.15) is 0 Å². The van der Waals surface area contributed by atoms with Crippen molar-refractivity contribution in [2.75, 3.05) is 5.73 Å². The van der Waals surface area contributed by atoms with Crippen LogP contribution < -0.4 is 5.73 Å². The SMILES string of the molecule is Cc1[nH]c(N)nc1C1CCCCC1. The monoisotopic (exact) mass is 179 g/mol. The Balaban J connectivity index is 2.18. The molecule has 3 heteroatoms. The highest BCUT2D eigenvalue weighted by atomic mass is 15.0. The minimum Gasteiger partial charge on any atom is -0.369 e. The molecular formula is C10H17N3. The number of aromatic nitrogens is 2. The van der Waals surface area contributed by atoms with Crippen molar-refractivity contribution in [2.24, 2.45) is 0 Å². The fourth-order valence-electron chi connectivity index (χ4n) is 2.27. The maximum atomic E-state index is 5.62. The molecule has 1 aliphatic rings. The van der Waals surface area contributed by atoms with Gasteiger partial charge in [-0.05, 0) is 19.8 Å². The average Bonchev–Trinajstić information content (AvgIpc) is 2.47. The first-order valence-corrected chi connectivity index (χ1v) is 5.09. The molecule has 1 aromatic heterocycles. The number of imidazole rings is 1. The standard InChI is InChI=1S/C10H17N3/c1-7-9(13-10(11)12-7)8-5-3-2-4-6-8/h8H,2-6H2,1H3,(H3,11,12,13). The maximum absolute atomic E-state index is 5.62. The van der Waals surface area contributed by atoms with E-state index in [0.29, 0.717) is 11.9 Å². The molecule has 1 aliphatic carbocycles. The van der Waals surface area contributed by atoms with Crippen molar-refractivity contribution >= 4 is 5.95 Å². The summed E-state index contributed by atoms with van der Waals surface area (Å²) in [7, 11) is 0. The van der Waals surface area contributed by atoms with Gasteiger partial charge in [-0.1, -0.05) is 19.3 Å². The second-order valence-corrected chi connectivity index (χ2v) is 3.97. The van der Waals surface area contributed by atoms with Crippen molar-refractivity contribution in [3.63, 3.8) is 0 Å². The van der Waals surface area contributed by atoms with Crippen LogP contribution in [0.1, 0.15) is 49.4 Å². The quantitative estimate of drug-likeness (QED) is 0.695. The summed E-state index contributed by atoms with van der Waals surface area (Å²) >= 11 is 0. The third kappa shape index (κ3) is 1.69. The number of nitrogen functional groups attached to an aromatic ring is 1. The molecule has 0 amide bonds. The molecule has 13 heavy (non-hydrogen) atoms. The molecule has 1 aromatic rings. The van der Waals surface area contributed by atoms with Crippen LogP contribution in [0.4, 0.5) is 5.95 Å². The first-order valence-electron chi connectivity index (χ1n) is 5.09. The zero-order chi connectivity index (χ0) is 9.26. The number of aryl methyl sites for hydroxylation is 1. The summed E-state index contributed by atoms with van der Waals surface area (Å²) in [4.78, 5) is 7.43. The van der Waals surface area contributed by atoms with Crippen LogP contribution in [0.3, 0.4) is 0 Å². The van der Waals surface area contributed by atoms with Crippen LogP contribution in [0, 0.1) is 6.92 Å². The Morgan fingerprint density at radius 1 is 1.31 bits per heavy atom. The number of H-pyrrole nitrogens is 1. The number of aromatic amines is 1. The third-order valence-electron chi connectivity index (χ3n) is 2.93. The Morgan fingerprint density at radius 2 is 2.00 bits per heavy atom. The summed E-state index contributed by atoms with van der Waals surface area (Å²) in [6.45, 7) is 2.06. The number of nitrogens with one attached hydrogen (secondary N) is 1. The molecule has 2 rings (SSSR count). The van der Waals surface area contributed by atoms with Crippen LogP contribution in [0.15, 0.2) is 0 Å². The minimum absolute atomic E-state index is 0.568. The molecule has 0 unspecified atom stereocenters. The van der Waals surface area contributed by atoms with Gasteiger partial charge < -0.3 is 10.7 Å². The largest absolute Gasteiger partial charge is 0.369 e. The van der Waals surface area contributed by atoms with Crippen molar-refractivity contribution in [1.82, 2.24) is 9.97 Å². The number of hydrogen-bond donors (Lipinski definition) is 2. The Hall–Kier alpha value is -0.990. The van der Waals surface area contributed by atoms with Crippen molar-refractivity contribution in [3.8, 4) is 0 Å². The number of anilines is 1. The molecule has 0 radical (unpaired) electrons. The van der Waals surface area contributed by atoms with Gasteiger partial charge in [-0.25, -0.2) is 4.98 Å². The predicted molar refractivity (Wildman–Crippen MR) is 53.6 cm³/mol. The van der Waals surface area contributed by atoms with E-state index in [1.807, 2.05) is 0 Å². The lowest BCUT2D eigenvalue weighted by molar-refractivity contribution is 0.436. The van der Waals surface area contributed by atoms with E-state index in [-0.39, 0.29) is 0 Å². The van der Waals surface area contributed by atoms with E-state index < -0.39 is 0 Å². The van der Waals surface area contributed by atoms with E-state index in [1.54, 1.807) is 0 Å². The van der Waals surface area contributed by atoms with Crippen molar-refractivity contribution < 1.29 is 0 Å². The molecule has 0 aliphatic heterocycles. The molecule has 3 nitrogen and oxygen atoms in total. The number of hydrogen-bond acceptors (Lipinski definition) is 2. The molecule has 1 fully saturated rings. The normalized spacial score (nSPS) is 19.2. The number of nitrogens with two attached hydrogens (primary N) is 1. The van der Waals surface area contributed by atoms with E-state index in [2.05, 4.69) is 16.9 Å². The summed E-state index contributed by atoms with van der Waals surface area (Å²) < 4.78 is 0. The highest BCUT2D eigenvalue weighted by molar-refractivity contribution is 5.27. The molecule has 1 saturated carbocycles. The van der Waals surface area contributed by atoms with Crippen LogP contribution in [0.25, 0.3) is 0 Å². The van der Waals surface area contributed by atoms with Crippen LogP contribution in [-0.4, -0.2) is 9.97 Å². The molecule has 0 aromatic carbocycles. The second kappa shape index (κ2) is 3.40. The van der Waals surface area contributed by atoms with Crippen LogP contribution >= 0.6 is 0 Å². The first kappa shape index (κ1) is 8.60. The molecular weight excluding hydrogens is 162 g/mol. The molecule has 0 saturated heterocycles. The number of rotatable bonds is 1. The highest BCUT2D eigenvalue weighted by Crippen LogP contribution is 2.33. The van der Waals surface area contributed by atoms with Crippen LogP contribution in [0.2, 0.25) is 0 Å². The molecule has 0 bridgehead atoms. The third-order valence-corrected chi connectivity index (χ3v) is 2.93. The Bertz CT molecular complexity index is 284. The smallest absolute Gasteiger partial charge is 0.197 e. The van der Waals surface area contributed by atoms with E-state index in [1.165, 1.54) is 37.8 Å². The van der Waals surface area contributed by atoms with Crippen molar-refractivity contribution in [3.05, 3.63) is 11.4 Å². The average molecular weight is 179 g/mol. The summed E-state index contributed by atoms with van der Waals surface area (Å²) in [5.41, 5.74) is 7.98. The fourth-order valence-corrected chi connectivity index (χ4v) is 2.27. The van der Waals surface area contributed by atoms with Gasteiger partial charge in [-0.2, -0.15) is 0 Å². The van der Waals surface area contributed by atoms with Crippen LogP contribution in [0.5, 0.6) is 0 Å². The van der Waals surface area contributed by atoms with Gasteiger partial charge in [0.05, 0.1) is 5.69 Å². The van der Waals surface area contributed by atoms with E-state index >= 15 is 0 Å². The lowest BCUT2D eigenvalue weighted by Gasteiger charge is -2.20. The summed E-state index contributed by atoms with van der Waals surface area (Å²) in [5, 5.41) is 0. The van der Waals surface area contributed by atoms with Gasteiger partial charge in [0.2, 0.25) is 0 Å². The minimum atomic E-state index is 0.568. The van der Waals surface area contributed by atoms with Crippen molar-refractivity contribution in [1.29, 1.82) is 0 Å². The Labute approximate surface area is 78.7 Å². The van der Waals surface area contributed by atoms with E-state index in [4.69, 9.17) is 5.73 Å². The topological polar surface area (TPSA) is 54.7 Å². The first-order chi connectivity index (χ1) is 6.27. The van der Waals surface area contributed by atoms with Gasteiger partial charge in [-0.3, -0.25) is 0 Å². The van der Waals surface area contributed by atoms with E-state index in [9.17, 15) is 0 Å². The van der Waals surface area contributed by atoms with Gasteiger partial charge in [0.15, 0.2) is 5.95 Å². The molecule has 1 heterocycles. The zero-order valence-electron chi connectivity index (χ0n) is 8.14. The molecule has 0 spiro atoms. The summed E-state index contributed by atoms with van der Waals surface area (Å²) in [6.07, 6.45) is 6.64. The lowest BCUT2D eigenvalue weighted by atomic mass is 9.86. The molecule has 72 valence electrons. The van der Waals surface area contributed by atoms with Crippen molar-refractivity contribution in [2.45, 2.75) is 44.9 Å². The number of nitrogens with zero attached hydrogens (tertiary/aromatic N) is 1. The van der Waals surface area contributed by atoms with Gasteiger partial charge in [-0.15, -0.1) is 0 Å². The lowest BCUT2D eigenvalue weighted by Crippen LogP contribution is -2.06. The Kier molecular flexibility index (Phi) is 2.25. The van der Waals surface area contributed by atoms with Gasteiger partial charge in [0, 0.05) is 11.6 Å².